The van der Waals surface area contributed by atoms with Crippen LogP contribution in [0.4, 0.5) is 4.39 Å². The van der Waals surface area contributed by atoms with Crippen molar-refractivity contribution in [3.63, 3.8) is 0 Å². The van der Waals surface area contributed by atoms with Crippen molar-refractivity contribution in [2.75, 3.05) is 0 Å². The predicted molar refractivity (Wildman–Crippen MR) is 78.4 cm³/mol. The van der Waals surface area contributed by atoms with Crippen LogP contribution in [0, 0.1) is 12.7 Å². The summed E-state index contributed by atoms with van der Waals surface area (Å²) in [6.07, 6.45) is 1.75. The summed E-state index contributed by atoms with van der Waals surface area (Å²) in [5, 5.41) is 0. The van der Waals surface area contributed by atoms with Gasteiger partial charge in [0.25, 0.3) is 0 Å². The molecule has 0 aliphatic heterocycles. The van der Waals surface area contributed by atoms with Crippen LogP contribution in [0.5, 0.6) is 0 Å². The molecule has 0 saturated carbocycles. The summed E-state index contributed by atoms with van der Waals surface area (Å²) < 4.78 is 15.8. The normalized spacial score (nSPS) is 12.8. The first-order valence-corrected chi connectivity index (χ1v) is 6.56. The van der Waals surface area contributed by atoms with Gasteiger partial charge in [0.2, 0.25) is 0 Å². The van der Waals surface area contributed by atoms with E-state index in [0.717, 1.165) is 22.3 Å². The second kappa shape index (κ2) is 4.72. The van der Waals surface area contributed by atoms with E-state index in [9.17, 15) is 4.39 Å². The lowest BCUT2D eigenvalue weighted by Gasteiger charge is -2.15. The predicted octanol–water partition coefficient (Wildman–Crippen LogP) is 3.49. The third-order valence-corrected chi connectivity index (χ3v) is 3.51. The van der Waals surface area contributed by atoms with Gasteiger partial charge in [0.1, 0.15) is 12.1 Å². The van der Waals surface area contributed by atoms with Gasteiger partial charge in [-0.05, 0) is 49.2 Å². The average Bonchev–Trinajstić information content (AvgIpc) is 2.85. The summed E-state index contributed by atoms with van der Waals surface area (Å²) in [4.78, 5) is 4.38. The molecule has 4 heteroatoms. The van der Waals surface area contributed by atoms with Gasteiger partial charge in [-0.25, -0.2) is 9.37 Å². The Hall–Kier alpha value is -2.20. The molecule has 3 rings (SSSR count). The third-order valence-electron chi connectivity index (χ3n) is 3.51. The quantitative estimate of drug-likeness (QED) is 0.774. The van der Waals surface area contributed by atoms with Crippen molar-refractivity contribution in [3.8, 4) is 5.69 Å². The molecule has 0 spiro atoms. The number of nitrogens with zero attached hydrogens (tertiary/aromatic N) is 2. The van der Waals surface area contributed by atoms with Crippen molar-refractivity contribution in [2.45, 2.75) is 19.9 Å². The van der Waals surface area contributed by atoms with Gasteiger partial charge in [-0.1, -0.05) is 12.1 Å². The van der Waals surface area contributed by atoms with E-state index in [4.69, 9.17) is 5.73 Å². The number of hydrogen-bond acceptors (Lipinski definition) is 2. The highest BCUT2D eigenvalue weighted by Crippen LogP contribution is 2.26. The maximum Gasteiger partial charge on any atom is 0.126 e. The van der Waals surface area contributed by atoms with E-state index in [0.29, 0.717) is 5.56 Å². The fraction of sp³-hybridized carbons (Fsp3) is 0.188. The van der Waals surface area contributed by atoms with Crippen LogP contribution in [0.15, 0.2) is 42.7 Å². The fourth-order valence-electron chi connectivity index (χ4n) is 2.41. The van der Waals surface area contributed by atoms with Gasteiger partial charge in [-0.15, -0.1) is 0 Å². The molecule has 1 atom stereocenters. The molecule has 0 bridgehead atoms. The van der Waals surface area contributed by atoms with Crippen LogP contribution in [0.1, 0.15) is 24.1 Å². The standard InChI is InChI=1S/C16H16FN3/c1-10-7-16(12(11(2)18)8-13(10)17)20-9-19-14-5-3-4-6-15(14)20/h3-9,11H,18H2,1-2H3. The molecular formula is C16H16FN3. The van der Waals surface area contributed by atoms with Crippen molar-refractivity contribution in [1.82, 2.24) is 9.55 Å². The molecule has 0 aliphatic carbocycles. The van der Waals surface area contributed by atoms with E-state index < -0.39 is 0 Å². The average molecular weight is 269 g/mol. The molecule has 2 N–H and O–H groups in total. The first-order chi connectivity index (χ1) is 9.58. The minimum absolute atomic E-state index is 0.231. The van der Waals surface area contributed by atoms with Crippen LogP contribution in [-0.4, -0.2) is 9.55 Å². The van der Waals surface area contributed by atoms with Crippen LogP contribution in [0.25, 0.3) is 16.7 Å². The third kappa shape index (κ3) is 1.98. The van der Waals surface area contributed by atoms with Gasteiger partial charge in [-0.3, -0.25) is 4.57 Å². The zero-order chi connectivity index (χ0) is 14.3. The van der Waals surface area contributed by atoms with E-state index in [1.807, 2.05) is 41.8 Å². The Morgan fingerprint density at radius 1 is 1.25 bits per heavy atom. The molecule has 0 fully saturated rings. The molecule has 2 aromatic carbocycles. The summed E-state index contributed by atoms with van der Waals surface area (Å²) in [7, 11) is 0. The van der Waals surface area contributed by atoms with Crippen molar-refractivity contribution < 1.29 is 4.39 Å². The summed E-state index contributed by atoms with van der Waals surface area (Å²) in [6.45, 7) is 3.61. The van der Waals surface area contributed by atoms with Crippen molar-refractivity contribution >= 4 is 11.0 Å². The van der Waals surface area contributed by atoms with Gasteiger partial charge in [0.15, 0.2) is 0 Å². The largest absolute Gasteiger partial charge is 0.324 e. The smallest absolute Gasteiger partial charge is 0.126 e. The van der Waals surface area contributed by atoms with Gasteiger partial charge in [0, 0.05) is 6.04 Å². The van der Waals surface area contributed by atoms with E-state index in [1.54, 1.807) is 13.3 Å². The molecule has 3 aromatic rings. The van der Waals surface area contributed by atoms with Gasteiger partial charge >= 0.3 is 0 Å². The van der Waals surface area contributed by atoms with Crippen LogP contribution in [0.3, 0.4) is 0 Å². The number of rotatable bonds is 2. The number of fused-ring (bicyclic) bond motifs is 1. The molecule has 0 saturated heterocycles. The van der Waals surface area contributed by atoms with Crippen LogP contribution in [0.2, 0.25) is 0 Å². The summed E-state index contributed by atoms with van der Waals surface area (Å²) >= 11 is 0. The second-order valence-corrected chi connectivity index (χ2v) is 5.05. The Morgan fingerprint density at radius 3 is 2.75 bits per heavy atom. The molecule has 102 valence electrons. The molecule has 20 heavy (non-hydrogen) atoms. The van der Waals surface area contributed by atoms with Crippen molar-refractivity contribution in [1.29, 1.82) is 0 Å². The number of para-hydroxylation sites is 2. The lowest BCUT2D eigenvalue weighted by molar-refractivity contribution is 0.612. The highest BCUT2D eigenvalue weighted by Gasteiger charge is 2.14. The first-order valence-electron chi connectivity index (χ1n) is 6.56. The Bertz CT molecular complexity index is 774. The molecule has 0 radical (unpaired) electrons. The summed E-state index contributed by atoms with van der Waals surface area (Å²) in [6, 6.07) is 10.9. The highest BCUT2D eigenvalue weighted by molar-refractivity contribution is 5.77. The molecule has 1 heterocycles. The van der Waals surface area contributed by atoms with E-state index >= 15 is 0 Å². The van der Waals surface area contributed by atoms with E-state index in [1.165, 1.54) is 6.07 Å². The van der Waals surface area contributed by atoms with E-state index in [-0.39, 0.29) is 11.9 Å². The fourth-order valence-corrected chi connectivity index (χ4v) is 2.41. The zero-order valence-corrected chi connectivity index (χ0v) is 11.5. The number of halogens is 1. The Labute approximate surface area is 116 Å². The SMILES string of the molecule is Cc1cc(-n2cnc3ccccc32)c(C(C)N)cc1F. The molecule has 1 unspecified atom stereocenters. The van der Waals surface area contributed by atoms with Gasteiger partial charge in [0.05, 0.1) is 16.7 Å². The first kappa shape index (κ1) is 12.8. The molecular weight excluding hydrogens is 253 g/mol. The molecule has 1 aromatic heterocycles. The molecule has 0 aliphatic rings. The van der Waals surface area contributed by atoms with Crippen LogP contribution >= 0.6 is 0 Å². The minimum atomic E-state index is -0.249. The number of aryl methyl sites for hydroxylation is 1. The van der Waals surface area contributed by atoms with Crippen LogP contribution in [-0.2, 0) is 0 Å². The number of nitrogens with two attached hydrogens (primary N) is 1. The monoisotopic (exact) mass is 269 g/mol. The van der Waals surface area contributed by atoms with Crippen LogP contribution < -0.4 is 5.73 Å². The Morgan fingerprint density at radius 2 is 2.00 bits per heavy atom. The number of benzene rings is 2. The summed E-state index contributed by atoms with van der Waals surface area (Å²) in [5.41, 5.74) is 10.1. The highest BCUT2D eigenvalue weighted by atomic mass is 19.1. The lowest BCUT2D eigenvalue weighted by Crippen LogP contribution is -2.10. The topological polar surface area (TPSA) is 43.8 Å². The number of imidazole rings is 1. The van der Waals surface area contributed by atoms with E-state index in [2.05, 4.69) is 4.98 Å². The maximum atomic E-state index is 13.8. The maximum absolute atomic E-state index is 13.8. The Balaban J connectivity index is 2.31. The minimum Gasteiger partial charge on any atom is -0.324 e. The van der Waals surface area contributed by atoms with Crippen molar-refractivity contribution in [3.05, 3.63) is 59.7 Å². The van der Waals surface area contributed by atoms with Gasteiger partial charge < -0.3 is 5.73 Å². The number of aromatic nitrogens is 2. The summed E-state index contributed by atoms with van der Waals surface area (Å²) in [5.74, 6) is -0.231. The Kier molecular flexibility index (Phi) is 3.03. The second-order valence-electron chi connectivity index (χ2n) is 5.05. The molecule has 3 nitrogen and oxygen atoms in total. The van der Waals surface area contributed by atoms with Crippen molar-refractivity contribution in [2.24, 2.45) is 5.73 Å². The number of hydrogen-bond donors (Lipinski definition) is 1. The molecule has 0 amide bonds. The van der Waals surface area contributed by atoms with Gasteiger partial charge in [-0.2, -0.15) is 0 Å². The zero-order valence-electron chi connectivity index (χ0n) is 11.5. The lowest BCUT2D eigenvalue weighted by atomic mass is 10.0.